The van der Waals surface area contributed by atoms with E-state index in [-0.39, 0.29) is 23.6 Å². The normalized spacial score (nSPS) is 14.0. The van der Waals surface area contributed by atoms with Crippen LogP contribution >= 0.6 is 11.3 Å². The molecule has 2 aromatic carbocycles. The van der Waals surface area contributed by atoms with E-state index in [1.807, 2.05) is 30.3 Å². The van der Waals surface area contributed by atoms with E-state index in [2.05, 4.69) is 10.6 Å². The van der Waals surface area contributed by atoms with Crippen molar-refractivity contribution in [3.63, 3.8) is 0 Å². The molecule has 8 heteroatoms. The summed E-state index contributed by atoms with van der Waals surface area (Å²) in [5.41, 5.74) is 3.85. The lowest BCUT2D eigenvalue weighted by molar-refractivity contribution is -0.116. The molecule has 0 bridgehead atoms. The predicted molar refractivity (Wildman–Crippen MR) is 171 cm³/mol. The van der Waals surface area contributed by atoms with Crippen molar-refractivity contribution < 1.29 is 19.2 Å². The van der Waals surface area contributed by atoms with Gasteiger partial charge in [-0.25, -0.2) is 0 Å². The lowest BCUT2D eigenvalue weighted by Crippen LogP contribution is -2.30. The molecular formula is C35H41N3O4S. The molecule has 4 amide bonds. The first-order valence-electron chi connectivity index (χ1n) is 15.7. The number of fused-ring (bicyclic) bond motifs is 2. The van der Waals surface area contributed by atoms with Gasteiger partial charge in [-0.1, -0.05) is 81.0 Å². The quantitative estimate of drug-likeness (QED) is 0.142. The molecule has 0 saturated heterocycles. The Labute approximate surface area is 258 Å². The van der Waals surface area contributed by atoms with Gasteiger partial charge in [0.05, 0.1) is 16.7 Å². The average Bonchev–Trinajstić information content (AvgIpc) is 3.51. The Morgan fingerprint density at radius 2 is 1.35 bits per heavy atom. The number of thiophene rings is 1. The van der Waals surface area contributed by atoms with Gasteiger partial charge in [-0.05, 0) is 61.8 Å². The predicted octanol–water partition coefficient (Wildman–Crippen LogP) is 7.30. The summed E-state index contributed by atoms with van der Waals surface area (Å²) in [7, 11) is 0. The second kappa shape index (κ2) is 15.1. The lowest BCUT2D eigenvalue weighted by atomic mass is 9.95. The van der Waals surface area contributed by atoms with Crippen LogP contribution in [0, 0.1) is 0 Å². The Bertz CT molecular complexity index is 1410. The minimum absolute atomic E-state index is 0.0242. The third-order valence-corrected chi connectivity index (χ3v) is 9.57. The third-order valence-electron chi connectivity index (χ3n) is 8.36. The molecule has 1 aromatic heterocycles. The average molecular weight is 600 g/mol. The van der Waals surface area contributed by atoms with Crippen LogP contribution in [-0.4, -0.2) is 35.1 Å². The Kier molecular flexibility index (Phi) is 10.8. The number of carbonyl (C=O) groups excluding carboxylic acids is 4. The summed E-state index contributed by atoms with van der Waals surface area (Å²) >= 11 is 1.57. The van der Waals surface area contributed by atoms with E-state index in [9.17, 15) is 19.2 Å². The van der Waals surface area contributed by atoms with Crippen molar-refractivity contribution in [1.29, 1.82) is 0 Å². The van der Waals surface area contributed by atoms with Gasteiger partial charge in [0.15, 0.2) is 0 Å². The van der Waals surface area contributed by atoms with E-state index in [1.54, 1.807) is 35.6 Å². The van der Waals surface area contributed by atoms with Gasteiger partial charge in [0.1, 0.15) is 5.00 Å². The molecule has 0 atom stereocenters. The Morgan fingerprint density at radius 1 is 0.744 bits per heavy atom. The minimum Gasteiger partial charge on any atom is -0.348 e. The van der Waals surface area contributed by atoms with Crippen LogP contribution in [0.3, 0.4) is 0 Å². The molecule has 5 rings (SSSR count). The Hall–Kier alpha value is -3.78. The molecule has 0 unspecified atom stereocenters. The first-order valence-corrected chi connectivity index (χ1v) is 16.6. The maximum atomic E-state index is 13.2. The minimum atomic E-state index is -0.175. The van der Waals surface area contributed by atoms with E-state index >= 15 is 0 Å². The number of hydrogen-bond donors (Lipinski definition) is 2. The van der Waals surface area contributed by atoms with Crippen LogP contribution in [-0.2, 0) is 24.2 Å². The molecule has 1 aliphatic carbocycles. The van der Waals surface area contributed by atoms with Gasteiger partial charge in [-0.15, -0.1) is 11.3 Å². The van der Waals surface area contributed by atoms with Crippen LogP contribution in [0.1, 0.15) is 118 Å². The van der Waals surface area contributed by atoms with Crippen LogP contribution in [0.15, 0.2) is 54.6 Å². The van der Waals surface area contributed by atoms with Gasteiger partial charge in [0, 0.05) is 24.4 Å². The molecule has 3 aromatic rings. The number of unbranched alkanes of at least 4 members (excludes halogenated alkanes) is 7. The molecule has 1 aliphatic heterocycles. The fourth-order valence-corrected chi connectivity index (χ4v) is 7.31. The molecule has 2 aliphatic rings. The van der Waals surface area contributed by atoms with Gasteiger partial charge in [0.25, 0.3) is 17.7 Å². The number of carbonyl (C=O) groups is 4. The van der Waals surface area contributed by atoms with Crippen molar-refractivity contribution in [3.8, 4) is 0 Å². The molecule has 0 radical (unpaired) electrons. The zero-order valence-electron chi connectivity index (χ0n) is 24.8. The van der Waals surface area contributed by atoms with Gasteiger partial charge in [0.2, 0.25) is 5.91 Å². The number of imide groups is 1. The van der Waals surface area contributed by atoms with Gasteiger partial charge in [-0.3, -0.25) is 24.1 Å². The van der Waals surface area contributed by atoms with Crippen molar-refractivity contribution in [1.82, 2.24) is 10.2 Å². The highest BCUT2D eigenvalue weighted by Crippen LogP contribution is 2.38. The standard InChI is InChI=1S/C35H41N3O4S/c39-30(22-10-5-3-1-2-4-6-15-23-38-34(41)26-18-11-12-19-27(26)35(38)42)37-33-31(28-20-13-14-21-29(28)43-33)32(40)36-24-25-16-8-7-9-17-25/h7-9,11-12,16-19H,1-6,10,13-15,20-24H2,(H,36,40)(H,37,39). The van der Waals surface area contributed by atoms with Crippen molar-refractivity contribution in [2.45, 2.75) is 90.0 Å². The maximum absolute atomic E-state index is 13.2. The number of nitrogens with one attached hydrogen (secondary N) is 2. The van der Waals surface area contributed by atoms with Crippen LogP contribution < -0.4 is 10.6 Å². The summed E-state index contributed by atoms with van der Waals surface area (Å²) in [4.78, 5) is 53.6. The highest BCUT2D eigenvalue weighted by molar-refractivity contribution is 7.17. The van der Waals surface area contributed by atoms with Gasteiger partial charge in [-0.2, -0.15) is 0 Å². The maximum Gasteiger partial charge on any atom is 0.261 e. The summed E-state index contributed by atoms with van der Waals surface area (Å²) in [6, 6.07) is 16.9. The van der Waals surface area contributed by atoms with Crippen LogP contribution in [0.4, 0.5) is 5.00 Å². The molecule has 226 valence electrons. The van der Waals surface area contributed by atoms with E-state index in [1.165, 1.54) is 9.78 Å². The number of benzene rings is 2. The number of nitrogens with zero attached hydrogens (tertiary/aromatic N) is 1. The highest BCUT2D eigenvalue weighted by Gasteiger charge is 2.34. The zero-order chi connectivity index (χ0) is 30.0. The molecule has 0 saturated carbocycles. The molecule has 7 nitrogen and oxygen atoms in total. The van der Waals surface area contributed by atoms with E-state index in [0.29, 0.717) is 41.2 Å². The van der Waals surface area contributed by atoms with E-state index in [0.717, 1.165) is 88.2 Å². The molecule has 2 N–H and O–H groups in total. The monoisotopic (exact) mass is 599 g/mol. The zero-order valence-corrected chi connectivity index (χ0v) is 25.6. The summed E-state index contributed by atoms with van der Waals surface area (Å²) in [5, 5.41) is 6.83. The second-order valence-electron chi connectivity index (χ2n) is 11.5. The lowest BCUT2D eigenvalue weighted by Gasteiger charge is -2.13. The first kappa shape index (κ1) is 30.7. The van der Waals surface area contributed by atoms with Crippen LogP contribution in [0.2, 0.25) is 0 Å². The smallest absolute Gasteiger partial charge is 0.261 e. The van der Waals surface area contributed by atoms with Crippen LogP contribution in [0.5, 0.6) is 0 Å². The van der Waals surface area contributed by atoms with Crippen molar-refractivity contribution >= 4 is 40.0 Å². The summed E-state index contributed by atoms with van der Waals surface area (Å²) < 4.78 is 0. The molecule has 0 spiro atoms. The molecule has 2 heterocycles. The van der Waals surface area contributed by atoms with E-state index < -0.39 is 0 Å². The number of amides is 4. The Balaban J connectivity index is 0.973. The van der Waals surface area contributed by atoms with Gasteiger partial charge >= 0.3 is 0 Å². The van der Waals surface area contributed by atoms with Crippen molar-refractivity contribution in [2.24, 2.45) is 0 Å². The summed E-state index contributed by atoms with van der Waals surface area (Å²) in [6.45, 7) is 0.940. The fraction of sp³-hybridized carbons (Fsp3) is 0.429. The molecular weight excluding hydrogens is 558 g/mol. The summed E-state index contributed by atoms with van der Waals surface area (Å²) in [6.07, 6.45) is 12.5. The SMILES string of the molecule is O=C(CCCCCCCCCCN1C(=O)c2ccccc2C1=O)Nc1sc2c(c1C(=O)NCc1ccccc1)CCCC2. The molecule has 0 fully saturated rings. The van der Waals surface area contributed by atoms with Gasteiger partial charge < -0.3 is 10.6 Å². The number of rotatable bonds is 15. The number of anilines is 1. The number of hydrogen-bond acceptors (Lipinski definition) is 5. The fourth-order valence-electron chi connectivity index (χ4n) is 6.01. The third kappa shape index (κ3) is 7.79. The summed E-state index contributed by atoms with van der Waals surface area (Å²) in [5.74, 6) is -0.483. The Morgan fingerprint density at radius 3 is 2.05 bits per heavy atom. The highest BCUT2D eigenvalue weighted by atomic mass is 32.1. The number of aryl methyl sites for hydroxylation is 1. The first-order chi connectivity index (χ1) is 21.0. The molecule has 43 heavy (non-hydrogen) atoms. The van der Waals surface area contributed by atoms with Crippen LogP contribution in [0.25, 0.3) is 0 Å². The largest absolute Gasteiger partial charge is 0.348 e. The van der Waals surface area contributed by atoms with Crippen molar-refractivity contribution in [3.05, 3.63) is 87.3 Å². The van der Waals surface area contributed by atoms with Crippen molar-refractivity contribution in [2.75, 3.05) is 11.9 Å². The topological polar surface area (TPSA) is 95.6 Å². The van der Waals surface area contributed by atoms with E-state index in [4.69, 9.17) is 0 Å². The second-order valence-corrected chi connectivity index (χ2v) is 12.6.